The van der Waals surface area contributed by atoms with Gasteiger partial charge in [-0.05, 0) is 55.8 Å². The molecule has 0 radical (unpaired) electrons. The maximum absolute atomic E-state index is 13.0. The van der Waals surface area contributed by atoms with Gasteiger partial charge < -0.3 is 9.80 Å². The van der Waals surface area contributed by atoms with Gasteiger partial charge in [-0.2, -0.15) is 0 Å². The summed E-state index contributed by atoms with van der Waals surface area (Å²) in [5.41, 5.74) is 4.10. The Bertz CT molecular complexity index is 959. The van der Waals surface area contributed by atoms with Crippen LogP contribution in [0.25, 0.3) is 6.08 Å². The number of anilines is 1. The molecule has 0 atom stereocenters. The number of fused-ring (bicyclic) bond motifs is 1. The Labute approximate surface area is 164 Å². The Balaban J connectivity index is 1.60. The number of piperazine rings is 1. The molecule has 4 rings (SSSR count). The highest BCUT2D eigenvalue weighted by atomic mass is 16.6. The van der Waals surface area contributed by atoms with E-state index in [0.717, 1.165) is 38.2 Å². The quantitative estimate of drug-likeness (QED) is 0.465. The number of ketones is 1. The monoisotopic (exact) mass is 377 g/mol. The van der Waals surface area contributed by atoms with E-state index in [1.54, 1.807) is 24.3 Å². The highest BCUT2D eigenvalue weighted by Crippen LogP contribution is 2.31. The Morgan fingerprint density at radius 2 is 1.79 bits per heavy atom. The number of nitrogens with zero attached hydrogens (tertiary/aromatic N) is 3. The second kappa shape index (κ2) is 7.56. The summed E-state index contributed by atoms with van der Waals surface area (Å²) >= 11 is 0. The molecule has 0 saturated carbocycles. The number of allylic oxidation sites excluding steroid dienone is 1. The van der Waals surface area contributed by atoms with Crippen molar-refractivity contribution in [3.05, 3.63) is 74.8 Å². The lowest BCUT2D eigenvalue weighted by Crippen LogP contribution is -2.44. The standard InChI is InChI=1S/C22H23N3O3/c1-23-10-12-24(13-11-23)19-8-9-20-16(15-19)6-7-18(22(20)26)14-17-4-2-3-5-21(17)25(27)28/h2-5,8-9,14-15H,6-7,10-13H2,1H3/b18-14+. The number of nitro benzene ring substituents is 1. The Kier molecular flexibility index (Phi) is 4.96. The number of carbonyl (C=O) groups is 1. The smallest absolute Gasteiger partial charge is 0.276 e. The fraction of sp³-hybridized carbons (Fsp3) is 0.318. The minimum Gasteiger partial charge on any atom is -0.369 e. The van der Waals surface area contributed by atoms with Gasteiger partial charge in [-0.3, -0.25) is 14.9 Å². The molecule has 2 aliphatic rings. The fourth-order valence-electron chi connectivity index (χ4n) is 3.93. The highest BCUT2D eigenvalue weighted by Gasteiger charge is 2.24. The summed E-state index contributed by atoms with van der Waals surface area (Å²) in [6.07, 6.45) is 3.05. The van der Waals surface area contributed by atoms with E-state index in [4.69, 9.17) is 0 Å². The van der Waals surface area contributed by atoms with Crippen molar-refractivity contribution in [3.63, 3.8) is 0 Å². The number of nitro groups is 1. The summed E-state index contributed by atoms with van der Waals surface area (Å²) in [6, 6.07) is 12.6. The molecule has 0 unspecified atom stereocenters. The molecule has 0 N–H and O–H groups in total. The van der Waals surface area contributed by atoms with Crippen LogP contribution < -0.4 is 4.90 Å². The molecule has 6 nitrogen and oxygen atoms in total. The van der Waals surface area contributed by atoms with E-state index < -0.39 is 4.92 Å². The molecule has 6 heteroatoms. The summed E-state index contributed by atoms with van der Waals surface area (Å²) in [6.45, 7) is 4.07. The van der Waals surface area contributed by atoms with Gasteiger partial charge in [0, 0.05) is 49.1 Å². The van der Waals surface area contributed by atoms with E-state index in [-0.39, 0.29) is 11.5 Å². The van der Waals surface area contributed by atoms with Gasteiger partial charge in [-0.15, -0.1) is 0 Å². The number of hydrogen-bond donors (Lipinski definition) is 0. The molecule has 1 aliphatic heterocycles. The van der Waals surface area contributed by atoms with Gasteiger partial charge in [0.15, 0.2) is 5.78 Å². The van der Waals surface area contributed by atoms with Crippen LogP contribution in [0.15, 0.2) is 48.0 Å². The van der Waals surface area contributed by atoms with E-state index in [9.17, 15) is 14.9 Å². The zero-order valence-corrected chi connectivity index (χ0v) is 15.9. The summed E-state index contributed by atoms with van der Waals surface area (Å²) in [5.74, 6) is -0.0238. The molecular weight excluding hydrogens is 354 g/mol. The third-order valence-corrected chi connectivity index (χ3v) is 5.62. The largest absolute Gasteiger partial charge is 0.369 e. The molecule has 0 spiro atoms. The third kappa shape index (κ3) is 3.55. The van der Waals surface area contributed by atoms with Gasteiger partial charge in [0.25, 0.3) is 5.69 Å². The van der Waals surface area contributed by atoms with Crippen LogP contribution in [-0.2, 0) is 6.42 Å². The number of benzene rings is 2. The van der Waals surface area contributed by atoms with Crippen molar-refractivity contribution < 1.29 is 9.72 Å². The van der Waals surface area contributed by atoms with Gasteiger partial charge in [0.05, 0.1) is 10.5 Å². The van der Waals surface area contributed by atoms with Crippen molar-refractivity contribution in [2.75, 3.05) is 38.1 Å². The number of hydrogen-bond acceptors (Lipinski definition) is 5. The number of carbonyl (C=O) groups excluding carboxylic acids is 1. The van der Waals surface area contributed by atoms with Crippen LogP contribution in [0.4, 0.5) is 11.4 Å². The summed E-state index contributed by atoms with van der Waals surface area (Å²) in [7, 11) is 2.13. The molecule has 0 aromatic heterocycles. The molecule has 1 fully saturated rings. The van der Waals surface area contributed by atoms with Crippen LogP contribution in [0.1, 0.15) is 27.9 Å². The first-order chi connectivity index (χ1) is 13.5. The Morgan fingerprint density at radius 1 is 1.04 bits per heavy atom. The molecule has 1 aliphatic carbocycles. The highest BCUT2D eigenvalue weighted by molar-refractivity contribution is 6.13. The molecule has 2 aromatic rings. The second-order valence-corrected chi connectivity index (χ2v) is 7.45. The first-order valence-electron chi connectivity index (χ1n) is 9.58. The number of likely N-dealkylation sites (N-methyl/N-ethyl adjacent to an activating group) is 1. The second-order valence-electron chi connectivity index (χ2n) is 7.45. The zero-order valence-electron chi connectivity index (χ0n) is 15.9. The molecule has 0 bridgehead atoms. The fourth-order valence-corrected chi connectivity index (χ4v) is 3.93. The van der Waals surface area contributed by atoms with Crippen LogP contribution in [0.3, 0.4) is 0 Å². The van der Waals surface area contributed by atoms with Crippen LogP contribution in [0, 0.1) is 10.1 Å². The van der Waals surface area contributed by atoms with Gasteiger partial charge in [0.2, 0.25) is 0 Å². The lowest BCUT2D eigenvalue weighted by atomic mass is 9.85. The van der Waals surface area contributed by atoms with Gasteiger partial charge in [-0.1, -0.05) is 12.1 Å². The van der Waals surface area contributed by atoms with Crippen molar-refractivity contribution >= 4 is 23.2 Å². The predicted octanol–water partition coefficient (Wildman–Crippen LogP) is 3.56. The van der Waals surface area contributed by atoms with Crippen molar-refractivity contribution in [1.29, 1.82) is 0 Å². The minimum atomic E-state index is -0.407. The first kappa shape index (κ1) is 18.4. The van der Waals surface area contributed by atoms with Gasteiger partial charge in [-0.25, -0.2) is 0 Å². The topological polar surface area (TPSA) is 66.7 Å². The maximum Gasteiger partial charge on any atom is 0.276 e. The van der Waals surface area contributed by atoms with E-state index in [1.807, 2.05) is 12.1 Å². The SMILES string of the molecule is CN1CCN(c2ccc3c(c2)CC/C(=C\c2ccccc2[N+](=O)[O-])C3=O)CC1. The Hall–Kier alpha value is -2.99. The lowest BCUT2D eigenvalue weighted by molar-refractivity contribution is -0.385. The lowest BCUT2D eigenvalue weighted by Gasteiger charge is -2.34. The predicted molar refractivity (Wildman–Crippen MR) is 110 cm³/mol. The van der Waals surface area contributed by atoms with E-state index in [0.29, 0.717) is 23.1 Å². The van der Waals surface area contributed by atoms with Crippen LogP contribution >= 0.6 is 0 Å². The van der Waals surface area contributed by atoms with E-state index >= 15 is 0 Å². The molecule has 28 heavy (non-hydrogen) atoms. The van der Waals surface area contributed by atoms with Crippen molar-refractivity contribution in [2.45, 2.75) is 12.8 Å². The number of para-hydroxylation sites is 1. The van der Waals surface area contributed by atoms with Gasteiger partial charge >= 0.3 is 0 Å². The normalized spacial score (nSPS) is 19.0. The molecular formula is C22H23N3O3. The van der Waals surface area contributed by atoms with Crippen LogP contribution in [-0.4, -0.2) is 48.8 Å². The van der Waals surface area contributed by atoms with Crippen molar-refractivity contribution in [2.24, 2.45) is 0 Å². The van der Waals surface area contributed by atoms with E-state index in [1.165, 1.54) is 11.8 Å². The number of rotatable bonds is 3. The van der Waals surface area contributed by atoms with Crippen molar-refractivity contribution in [1.82, 2.24) is 4.90 Å². The average Bonchev–Trinajstić information content (AvgIpc) is 2.70. The first-order valence-corrected chi connectivity index (χ1v) is 9.58. The van der Waals surface area contributed by atoms with E-state index in [2.05, 4.69) is 22.9 Å². The van der Waals surface area contributed by atoms with Crippen LogP contribution in [0.5, 0.6) is 0 Å². The third-order valence-electron chi connectivity index (χ3n) is 5.62. The Morgan fingerprint density at radius 3 is 2.54 bits per heavy atom. The molecule has 144 valence electrons. The number of Topliss-reactive ketones (excluding diaryl/α,β-unsaturated/α-hetero) is 1. The minimum absolute atomic E-state index is 0.0238. The average molecular weight is 377 g/mol. The number of aryl methyl sites for hydroxylation is 1. The molecule has 1 saturated heterocycles. The van der Waals surface area contributed by atoms with Crippen molar-refractivity contribution in [3.8, 4) is 0 Å². The maximum atomic E-state index is 13.0. The van der Waals surface area contributed by atoms with Gasteiger partial charge in [0.1, 0.15) is 0 Å². The van der Waals surface area contributed by atoms with Crippen LogP contribution in [0.2, 0.25) is 0 Å². The summed E-state index contributed by atoms with van der Waals surface area (Å²) < 4.78 is 0. The zero-order chi connectivity index (χ0) is 19.7. The summed E-state index contributed by atoms with van der Waals surface area (Å²) in [4.78, 5) is 28.5. The molecule has 0 amide bonds. The molecule has 2 aromatic carbocycles. The molecule has 1 heterocycles. The summed E-state index contributed by atoms with van der Waals surface area (Å²) in [5, 5.41) is 11.2.